The molecule has 0 heterocycles. The summed E-state index contributed by atoms with van der Waals surface area (Å²) < 4.78 is 21.6. The van der Waals surface area contributed by atoms with Crippen molar-refractivity contribution < 1.29 is 18.7 Å². The quantitative estimate of drug-likeness (QED) is 0.763. The van der Waals surface area contributed by atoms with E-state index < -0.39 is 12.6 Å². The summed E-state index contributed by atoms with van der Waals surface area (Å²) >= 11 is 0. The van der Waals surface area contributed by atoms with Crippen LogP contribution in [-0.2, 0) is 9.53 Å². The molecule has 3 nitrogen and oxygen atoms in total. The Morgan fingerprint density at radius 3 is 2.67 bits per heavy atom. The molecule has 0 aliphatic heterocycles. The molecule has 4 heteroatoms. The SMILES string of the molecule is O=C(COc1ccc2ccccc2c1)OCCF. The Kier molecular flexibility index (Phi) is 4.12. The second kappa shape index (κ2) is 6.00. The lowest BCUT2D eigenvalue weighted by Crippen LogP contribution is -2.16. The Morgan fingerprint density at radius 1 is 1.11 bits per heavy atom. The number of carbonyl (C=O) groups is 1. The second-order valence-corrected chi connectivity index (χ2v) is 3.71. The third-order valence-electron chi connectivity index (χ3n) is 2.42. The topological polar surface area (TPSA) is 35.5 Å². The van der Waals surface area contributed by atoms with Gasteiger partial charge in [0.25, 0.3) is 0 Å². The van der Waals surface area contributed by atoms with Crippen LogP contribution in [-0.4, -0.2) is 25.9 Å². The smallest absolute Gasteiger partial charge is 0.344 e. The number of alkyl halides is 1. The molecule has 0 bridgehead atoms. The first-order valence-corrected chi connectivity index (χ1v) is 5.63. The summed E-state index contributed by atoms with van der Waals surface area (Å²) in [5, 5.41) is 2.14. The molecule has 0 saturated heterocycles. The molecular weight excluding hydrogens is 235 g/mol. The Bertz CT molecular complexity index is 539. The first-order chi connectivity index (χ1) is 8.79. The van der Waals surface area contributed by atoms with Crippen LogP contribution in [0.2, 0.25) is 0 Å². The van der Waals surface area contributed by atoms with E-state index >= 15 is 0 Å². The first kappa shape index (κ1) is 12.4. The molecule has 0 N–H and O–H groups in total. The van der Waals surface area contributed by atoms with Gasteiger partial charge in [-0.3, -0.25) is 0 Å². The van der Waals surface area contributed by atoms with Crippen LogP contribution >= 0.6 is 0 Å². The molecular formula is C14H13FO3. The van der Waals surface area contributed by atoms with Gasteiger partial charge in [-0.25, -0.2) is 9.18 Å². The van der Waals surface area contributed by atoms with Gasteiger partial charge >= 0.3 is 5.97 Å². The van der Waals surface area contributed by atoms with Crippen molar-refractivity contribution in [2.75, 3.05) is 19.9 Å². The van der Waals surface area contributed by atoms with Gasteiger partial charge in [0.2, 0.25) is 0 Å². The fourth-order valence-corrected chi connectivity index (χ4v) is 1.59. The van der Waals surface area contributed by atoms with Gasteiger partial charge in [-0.05, 0) is 22.9 Å². The number of halogens is 1. The highest BCUT2D eigenvalue weighted by Gasteiger charge is 2.04. The summed E-state index contributed by atoms with van der Waals surface area (Å²) in [6, 6.07) is 13.4. The number of carbonyl (C=O) groups excluding carboxylic acids is 1. The van der Waals surface area contributed by atoms with Crippen molar-refractivity contribution in [1.29, 1.82) is 0 Å². The lowest BCUT2D eigenvalue weighted by molar-refractivity contribution is -0.146. The van der Waals surface area contributed by atoms with Crippen LogP contribution in [0.15, 0.2) is 42.5 Å². The summed E-state index contributed by atoms with van der Waals surface area (Å²) in [6.45, 7) is -1.11. The Labute approximate surface area is 104 Å². The van der Waals surface area contributed by atoms with E-state index in [0.29, 0.717) is 5.75 Å². The van der Waals surface area contributed by atoms with Crippen LogP contribution in [0, 0.1) is 0 Å². The van der Waals surface area contributed by atoms with Gasteiger partial charge in [0.05, 0.1) is 0 Å². The molecule has 0 aliphatic carbocycles. The number of ether oxygens (including phenoxy) is 2. The number of esters is 1. The zero-order valence-electron chi connectivity index (χ0n) is 9.77. The maximum Gasteiger partial charge on any atom is 0.344 e. The maximum atomic E-state index is 11.8. The number of hydrogen-bond donors (Lipinski definition) is 0. The molecule has 0 aliphatic rings. The van der Waals surface area contributed by atoms with Gasteiger partial charge in [0.15, 0.2) is 6.61 Å². The highest BCUT2D eigenvalue weighted by molar-refractivity contribution is 5.83. The van der Waals surface area contributed by atoms with E-state index in [0.717, 1.165) is 10.8 Å². The van der Waals surface area contributed by atoms with E-state index in [1.165, 1.54) is 0 Å². The molecule has 0 fully saturated rings. The maximum absolute atomic E-state index is 11.8. The average molecular weight is 248 g/mol. The molecule has 0 unspecified atom stereocenters. The van der Waals surface area contributed by atoms with Gasteiger partial charge in [0, 0.05) is 0 Å². The first-order valence-electron chi connectivity index (χ1n) is 5.63. The molecule has 0 saturated carbocycles. The summed E-state index contributed by atoms with van der Waals surface area (Å²) in [7, 11) is 0. The number of benzene rings is 2. The Morgan fingerprint density at radius 2 is 1.89 bits per heavy atom. The number of rotatable bonds is 5. The van der Waals surface area contributed by atoms with E-state index in [1.54, 1.807) is 6.07 Å². The fourth-order valence-electron chi connectivity index (χ4n) is 1.59. The minimum Gasteiger partial charge on any atom is -0.482 e. The fraction of sp³-hybridized carbons (Fsp3) is 0.214. The zero-order chi connectivity index (χ0) is 12.8. The van der Waals surface area contributed by atoms with Crippen LogP contribution in [0.4, 0.5) is 4.39 Å². The minimum atomic E-state index is -0.679. The average Bonchev–Trinajstić information content (AvgIpc) is 2.42. The summed E-state index contributed by atoms with van der Waals surface area (Å²) in [6.07, 6.45) is 0. The summed E-state index contributed by atoms with van der Waals surface area (Å²) in [4.78, 5) is 11.1. The standard InChI is InChI=1S/C14H13FO3/c15-7-8-17-14(16)10-18-13-6-5-11-3-1-2-4-12(11)9-13/h1-6,9H,7-8,10H2. The molecule has 0 spiro atoms. The van der Waals surface area contributed by atoms with E-state index in [-0.39, 0.29) is 13.2 Å². The number of fused-ring (bicyclic) bond motifs is 1. The third kappa shape index (κ3) is 3.20. The van der Waals surface area contributed by atoms with Crippen LogP contribution < -0.4 is 4.74 Å². The molecule has 0 amide bonds. The monoisotopic (exact) mass is 248 g/mol. The Balaban J connectivity index is 1.97. The number of hydrogen-bond acceptors (Lipinski definition) is 3. The largest absolute Gasteiger partial charge is 0.482 e. The summed E-state index contributed by atoms with van der Waals surface area (Å²) in [5.74, 6) is 0.0201. The second-order valence-electron chi connectivity index (χ2n) is 3.71. The predicted molar refractivity (Wildman–Crippen MR) is 66.4 cm³/mol. The van der Waals surface area contributed by atoms with E-state index in [9.17, 15) is 9.18 Å². The molecule has 2 aromatic carbocycles. The molecule has 0 aromatic heterocycles. The van der Waals surface area contributed by atoms with E-state index in [2.05, 4.69) is 4.74 Å². The molecule has 2 rings (SSSR count). The van der Waals surface area contributed by atoms with Crippen molar-refractivity contribution in [3.63, 3.8) is 0 Å². The normalized spacial score (nSPS) is 10.3. The highest BCUT2D eigenvalue weighted by Crippen LogP contribution is 2.20. The third-order valence-corrected chi connectivity index (χ3v) is 2.42. The highest BCUT2D eigenvalue weighted by atomic mass is 19.1. The van der Waals surface area contributed by atoms with Crippen LogP contribution in [0.5, 0.6) is 5.75 Å². The van der Waals surface area contributed by atoms with Gasteiger partial charge in [-0.15, -0.1) is 0 Å². The van der Waals surface area contributed by atoms with Crippen LogP contribution in [0.25, 0.3) is 10.8 Å². The van der Waals surface area contributed by atoms with Crippen molar-refractivity contribution in [2.24, 2.45) is 0 Å². The summed E-state index contributed by atoms with van der Waals surface area (Å²) in [5.41, 5.74) is 0. The lowest BCUT2D eigenvalue weighted by Gasteiger charge is -2.06. The molecule has 94 valence electrons. The van der Waals surface area contributed by atoms with Crippen molar-refractivity contribution in [1.82, 2.24) is 0 Å². The van der Waals surface area contributed by atoms with Crippen molar-refractivity contribution in [2.45, 2.75) is 0 Å². The molecule has 0 atom stereocenters. The van der Waals surface area contributed by atoms with Crippen LogP contribution in [0.3, 0.4) is 0 Å². The zero-order valence-corrected chi connectivity index (χ0v) is 9.77. The van der Waals surface area contributed by atoms with Gasteiger partial charge in [0.1, 0.15) is 19.0 Å². The van der Waals surface area contributed by atoms with Crippen molar-refractivity contribution in [3.05, 3.63) is 42.5 Å². The van der Waals surface area contributed by atoms with Gasteiger partial charge < -0.3 is 9.47 Å². The van der Waals surface area contributed by atoms with Gasteiger partial charge in [-0.1, -0.05) is 30.3 Å². The van der Waals surface area contributed by atoms with Crippen LogP contribution in [0.1, 0.15) is 0 Å². The Hall–Kier alpha value is -2.10. The molecule has 2 aromatic rings. The van der Waals surface area contributed by atoms with E-state index in [4.69, 9.17) is 4.74 Å². The van der Waals surface area contributed by atoms with Crippen molar-refractivity contribution in [3.8, 4) is 5.75 Å². The molecule has 18 heavy (non-hydrogen) atoms. The lowest BCUT2D eigenvalue weighted by atomic mass is 10.1. The predicted octanol–water partition coefficient (Wildman–Crippen LogP) is 2.73. The van der Waals surface area contributed by atoms with E-state index in [1.807, 2.05) is 36.4 Å². The van der Waals surface area contributed by atoms with Gasteiger partial charge in [-0.2, -0.15) is 0 Å². The minimum absolute atomic E-state index is 0.210. The molecule has 0 radical (unpaired) electrons. The van der Waals surface area contributed by atoms with Crippen molar-refractivity contribution >= 4 is 16.7 Å².